The largest absolute Gasteiger partial charge is 0.313 e. The van der Waals surface area contributed by atoms with Gasteiger partial charge in [-0.2, -0.15) is 0 Å². The fraction of sp³-hybridized carbons (Fsp3) is 0.143. The first-order chi connectivity index (χ1) is 4.84. The van der Waals surface area contributed by atoms with Crippen LogP contribution in [0.15, 0.2) is 18.6 Å². The van der Waals surface area contributed by atoms with Gasteiger partial charge in [-0.3, -0.25) is 9.97 Å². The van der Waals surface area contributed by atoms with Crippen LogP contribution >= 0.6 is 0 Å². The molecule has 0 aromatic carbocycles. The smallest absolute Gasteiger partial charge is 0.111 e. The van der Waals surface area contributed by atoms with Gasteiger partial charge in [0, 0.05) is 12.4 Å². The van der Waals surface area contributed by atoms with Crippen LogP contribution in [0.3, 0.4) is 0 Å². The first-order valence-corrected chi connectivity index (χ1v) is 2.82. The van der Waals surface area contributed by atoms with Gasteiger partial charge in [0.25, 0.3) is 0 Å². The Morgan fingerprint density at radius 2 is 2.40 bits per heavy atom. The average molecular weight is 133 g/mol. The van der Waals surface area contributed by atoms with Gasteiger partial charge in [-0.25, -0.2) is 0 Å². The molecule has 0 saturated heterocycles. The Morgan fingerprint density at radius 3 is 2.90 bits per heavy atom. The van der Waals surface area contributed by atoms with Crippen molar-refractivity contribution in [3.05, 3.63) is 24.3 Å². The van der Waals surface area contributed by atoms with Crippen molar-refractivity contribution >= 4 is 0 Å². The average Bonchev–Trinajstić information content (AvgIpc) is 2.05. The highest BCUT2D eigenvalue weighted by Gasteiger charge is 2.00. The van der Waals surface area contributed by atoms with Gasteiger partial charge >= 0.3 is 0 Å². The molecule has 0 saturated carbocycles. The van der Waals surface area contributed by atoms with Gasteiger partial charge in [0.15, 0.2) is 0 Å². The van der Waals surface area contributed by atoms with Crippen molar-refractivity contribution in [2.45, 2.75) is 6.04 Å². The molecule has 3 nitrogen and oxygen atoms in total. The molecule has 0 amide bonds. The molecule has 1 aromatic rings. The maximum Gasteiger partial charge on any atom is 0.111 e. The van der Waals surface area contributed by atoms with Crippen molar-refractivity contribution < 1.29 is 0 Å². The summed E-state index contributed by atoms with van der Waals surface area (Å²) in [6.45, 7) is 0. The van der Waals surface area contributed by atoms with Gasteiger partial charge in [-0.05, 0) is 0 Å². The zero-order valence-electron chi connectivity index (χ0n) is 5.36. The summed E-state index contributed by atoms with van der Waals surface area (Å²) in [5.41, 5.74) is 6.09. The normalized spacial score (nSPS) is 12.0. The molecule has 0 fully saturated rings. The Hall–Kier alpha value is -1.40. The standard InChI is InChI=1S/C7H7N3/c1-2-6(8)7-5-9-3-4-10-7/h1,3-6H,8H2. The Bertz CT molecular complexity index is 237. The minimum atomic E-state index is -0.436. The summed E-state index contributed by atoms with van der Waals surface area (Å²) in [6.07, 6.45) is 9.76. The molecular weight excluding hydrogens is 126 g/mol. The van der Waals surface area contributed by atoms with Crippen LogP contribution in [-0.2, 0) is 0 Å². The van der Waals surface area contributed by atoms with Gasteiger partial charge in [-0.15, -0.1) is 6.42 Å². The lowest BCUT2D eigenvalue weighted by atomic mass is 10.2. The van der Waals surface area contributed by atoms with E-state index in [0.29, 0.717) is 5.69 Å². The highest BCUT2D eigenvalue weighted by atomic mass is 14.8. The van der Waals surface area contributed by atoms with Crippen LogP contribution in [0.1, 0.15) is 11.7 Å². The molecule has 1 heterocycles. The number of rotatable bonds is 1. The van der Waals surface area contributed by atoms with E-state index in [2.05, 4.69) is 15.9 Å². The lowest BCUT2D eigenvalue weighted by Gasteiger charge is -1.99. The molecule has 1 rings (SSSR count). The van der Waals surface area contributed by atoms with Gasteiger partial charge in [0.1, 0.15) is 6.04 Å². The third kappa shape index (κ3) is 1.30. The minimum absolute atomic E-state index is 0.436. The molecule has 2 N–H and O–H groups in total. The quantitative estimate of drug-likeness (QED) is 0.553. The van der Waals surface area contributed by atoms with Crippen LogP contribution in [0.5, 0.6) is 0 Å². The zero-order chi connectivity index (χ0) is 7.40. The molecule has 10 heavy (non-hydrogen) atoms. The molecule has 0 spiro atoms. The number of nitrogens with zero attached hydrogens (tertiary/aromatic N) is 2. The molecular formula is C7H7N3. The second kappa shape index (κ2) is 2.95. The Labute approximate surface area is 59.3 Å². The number of terminal acetylenes is 1. The predicted molar refractivity (Wildman–Crippen MR) is 37.8 cm³/mol. The van der Waals surface area contributed by atoms with Crippen molar-refractivity contribution in [3.8, 4) is 12.3 Å². The van der Waals surface area contributed by atoms with E-state index in [0.717, 1.165) is 0 Å². The van der Waals surface area contributed by atoms with Crippen LogP contribution in [0.25, 0.3) is 0 Å². The van der Waals surface area contributed by atoms with Crippen LogP contribution < -0.4 is 5.73 Å². The second-order valence-electron chi connectivity index (χ2n) is 1.77. The number of aromatic nitrogens is 2. The Balaban J connectivity index is 2.88. The molecule has 0 aliphatic heterocycles. The molecule has 1 atom stereocenters. The number of nitrogens with two attached hydrogens (primary N) is 1. The van der Waals surface area contributed by atoms with E-state index in [1.807, 2.05) is 0 Å². The van der Waals surface area contributed by atoms with E-state index in [-0.39, 0.29) is 0 Å². The van der Waals surface area contributed by atoms with Crippen molar-refractivity contribution in [1.82, 2.24) is 9.97 Å². The monoisotopic (exact) mass is 133 g/mol. The van der Waals surface area contributed by atoms with E-state index in [9.17, 15) is 0 Å². The van der Waals surface area contributed by atoms with Crippen molar-refractivity contribution in [1.29, 1.82) is 0 Å². The summed E-state index contributed by atoms with van der Waals surface area (Å²) in [6, 6.07) is -0.436. The van der Waals surface area contributed by atoms with Crippen LogP contribution in [0, 0.1) is 12.3 Å². The summed E-state index contributed by atoms with van der Waals surface area (Å²) >= 11 is 0. The van der Waals surface area contributed by atoms with Crippen LogP contribution in [0.4, 0.5) is 0 Å². The highest BCUT2D eigenvalue weighted by Crippen LogP contribution is 2.00. The minimum Gasteiger partial charge on any atom is -0.313 e. The summed E-state index contributed by atoms with van der Waals surface area (Å²) < 4.78 is 0. The van der Waals surface area contributed by atoms with E-state index < -0.39 is 6.04 Å². The van der Waals surface area contributed by atoms with E-state index in [1.54, 1.807) is 18.6 Å². The van der Waals surface area contributed by atoms with Crippen LogP contribution in [-0.4, -0.2) is 9.97 Å². The first kappa shape index (κ1) is 6.72. The fourth-order valence-corrected chi connectivity index (χ4v) is 0.557. The predicted octanol–water partition coefficient (Wildman–Crippen LogP) is 0.110. The van der Waals surface area contributed by atoms with Gasteiger partial charge in [0.2, 0.25) is 0 Å². The fourth-order valence-electron chi connectivity index (χ4n) is 0.557. The van der Waals surface area contributed by atoms with E-state index in [4.69, 9.17) is 12.2 Å². The SMILES string of the molecule is C#CC(N)c1cnccn1. The topological polar surface area (TPSA) is 51.8 Å². The van der Waals surface area contributed by atoms with Gasteiger partial charge in [-0.1, -0.05) is 5.92 Å². The molecule has 0 aliphatic carbocycles. The van der Waals surface area contributed by atoms with Crippen LogP contribution in [0.2, 0.25) is 0 Å². The summed E-state index contributed by atoms with van der Waals surface area (Å²) in [5, 5.41) is 0. The van der Waals surface area contributed by atoms with Crippen molar-refractivity contribution in [3.63, 3.8) is 0 Å². The lowest BCUT2D eigenvalue weighted by molar-refractivity contribution is 0.875. The number of hydrogen-bond acceptors (Lipinski definition) is 3. The molecule has 0 aliphatic rings. The lowest BCUT2D eigenvalue weighted by Crippen LogP contribution is -2.09. The Kier molecular flexibility index (Phi) is 1.98. The number of hydrogen-bond donors (Lipinski definition) is 1. The third-order valence-electron chi connectivity index (χ3n) is 1.08. The van der Waals surface area contributed by atoms with E-state index in [1.165, 1.54) is 0 Å². The van der Waals surface area contributed by atoms with Crippen molar-refractivity contribution in [2.75, 3.05) is 0 Å². The van der Waals surface area contributed by atoms with Crippen molar-refractivity contribution in [2.24, 2.45) is 5.73 Å². The molecule has 1 unspecified atom stereocenters. The Morgan fingerprint density at radius 1 is 1.60 bits per heavy atom. The van der Waals surface area contributed by atoms with Gasteiger partial charge < -0.3 is 5.73 Å². The molecule has 1 aromatic heterocycles. The first-order valence-electron chi connectivity index (χ1n) is 2.82. The zero-order valence-corrected chi connectivity index (χ0v) is 5.36. The summed E-state index contributed by atoms with van der Waals surface area (Å²) in [7, 11) is 0. The highest BCUT2D eigenvalue weighted by molar-refractivity contribution is 5.13. The summed E-state index contributed by atoms with van der Waals surface area (Å²) in [5.74, 6) is 2.36. The maximum atomic E-state index is 5.46. The summed E-state index contributed by atoms with van der Waals surface area (Å²) in [4.78, 5) is 7.74. The molecule has 50 valence electrons. The third-order valence-corrected chi connectivity index (χ3v) is 1.08. The molecule has 0 bridgehead atoms. The maximum absolute atomic E-state index is 5.46. The second-order valence-corrected chi connectivity index (χ2v) is 1.77. The van der Waals surface area contributed by atoms with E-state index >= 15 is 0 Å². The molecule has 0 radical (unpaired) electrons. The molecule has 3 heteroatoms. The van der Waals surface area contributed by atoms with Gasteiger partial charge in [0.05, 0.1) is 11.9 Å².